The fourth-order valence-electron chi connectivity index (χ4n) is 2.30. The second-order valence-corrected chi connectivity index (χ2v) is 6.82. The summed E-state index contributed by atoms with van der Waals surface area (Å²) in [5.41, 5.74) is 1.94. The van der Waals surface area contributed by atoms with Crippen molar-refractivity contribution in [1.82, 2.24) is 19.7 Å². The molecule has 0 fully saturated rings. The number of methoxy groups -OCH3 is 1. The summed E-state index contributed by atoms with van der Waals surface area (Å²) < 4.78 is 12.6. The van der Waals surface area contributed by atoms with Crippen molar-refractivity contribution in [2.75, 3.05) is 7.11 Å². The minimum absolute atomic E-state index is 0.549. The lowest BCUT2D eigenvalue weighted by Gasteiger charge is -2.08. The fourth-order valence-corrected chi connectivity index (χ4v) is 3.74. The Morgan fingerprint density at radius 3 is 3.12 bits per heavy atom. The van der Waals surface area contributed by atoms with E-state index in [9.17, 15) is 0 Å². The highest BCUT2D eigenvalue weighted by atomic mass is 32.2. The first-order valence-corrected chi connectivity index (χ1v) is 9.42. The summed E-state index contributed by atoms with van der Waals surface area (Å²) >= 11 is 3.16. The second kappa shape index (κ2) is 7.12. The van der Waals surface area contributed by atoms with Crippen molar-refractivity contribution in [2.24, 2.45) is 0 Å². The van der Waals surface area contributed by atoms with Gasteiger partial charge < -0.3 is 9.26 Å². The van der Waals surface area contributed by atoms with Gasteiger partial charge in [-0.3, -0.25) is 4.57 Å². The molecule has 0 aliphatic rings. The van der Waals surface area contributed by atoms with E-state index in [2.05, 4.69) is 15.1 Å². The van der Waals surface area contributed by atoms with E-state index >= 15 is 0 Å². The molecule has 3 aromatic heterocycles. The number of imidazole rings is 1. The molecular weight excluding hydrogens is 356 g/mol. The van der Waals surface area contributed by atoms with Gasteiger partial charge in [-0.25, -0.2) is 4.98 Å². The lowest BCUT2D eigenvalue weighted by atomic mass is 10.3. The van der Waals surface area contributed by atoms with Gasteiger partial charge in [0.05, 0.1) is 24.1 Å². The zero-order chi connectivity index (χ0) is 17.1. The van der Waals surface area contributed by atoms with Crippen molar-refractivity contribution in [3.63, 3.8) is 0 Å². The van der Waals surface area contributed by atoms with Crippen LogP contribution in [0.15, 0.2) is 63.2 Å². The van der Waals surface area contributed by atoms with Gasteiger partial charge >= 0.3 is 0 Å². The van der Waals surface area contributed by atoms with Gasteiger partial charge in [0.15, 0.2) is 11.0 Å². The quantitative estimate of drug-likeness (QED) is 0.472. The summed E-state index contributed by atoms with van der Waals surface area (Å²) in [6.45, 7) is 0. The third-order valence-corrected chi connectivity index (χ3v) is 5.15. The van der Waals surface area contributed by atoms with E-state index < -0.39 is 0 Å². The van der Waals surface area contributed by atoms with E-state index in [4.69, 9.17) is 9.26 Å². The molecule has 0 bridgehead atoms. The Hall–Kier alpha value is -2.58. The molecule has 0 aliphatic heterocycles. The summed E-state index contributed by atoms with van der Waals surface area (Å²) in [5.74, 6) is 2.58. The van der Waals surface area contributed by atoms with Crippen molar-refractivity contribution >= 4 is 23.1 Å². The van der Waals surface area contributed by atoms with E-state index in [0.717, 1.165) is 22.2 Å². The minimum atomic E-state index is 0.549. The van der Waals surface area contributed by atoms with E-state index in [0.29, 0.717) is 17.5 Å². The average molecular weight is 370 g/mol. The first-order valence-electron chi connectivity index (χ1n) is 7.49. The monoisotopic (exact) mass is 370 g/mol. The molecule has 8 heteroatoms. The van der Waals surface area contributed by atoms with Crippen molar-refractivity contribution in [2.45, 2.75) is 10.9 Å². The predicted molar refractivity (Wildman–Crippen MR) is 97.3 cm³/mol. The van der Waals surface area contributed by atoms with Crippen LogP contribution in [0.4, 0.5) is 0 Å². The summed E-state index contributed by atoms with van der Waals surface area (Å²) in [7, 11) is 1.66. The molecule has 0 saturated carbocycles. The fraction of sp³-hybridized carbons (Fsp3) is 0.118. The van der Waals surface area contributed by atoms with Gasteiger partial charge in [-0.05, 0) is 23.6 Å². The number of hydrogen-bond donors (Lipinski definition) is 0. The van der Waals surface area contributed by atoms with Gasteiger partial charge in [-0.15, -0.1) is 0 Å². The topological polar surface area (TPSA) is 66.0 Å². The Morgan fingerprint density at radius 1 is 1.32 bits per heavy atom. The van der Waals surface area contributed by atoms with Crippen LogP contribution in [0.25, 0.3) is 17.1 Å². The Kier molecular flexibility index (Phi) is 4.53. The Morgan fingerprint density at radius 2 is 2.28 bits per heavy atom. The van der Waals surface area contributed by atoms with Crippen LogP contribution in [-0.4, -0.2) is 26.8 Å². The molecular formula is C17H14N4O2S2. The van der Waals surface area contributed by atoms with Crippen LogP contribution in [0.1, 0.15) is 5.82 Å². The molecule has 0 radical (unpaired) electrons. The van der Waals surface area contributed by atoms with Gasteiger partial charge in [0.2, 0.25) is 0 Å². The predicted octanol–water partition coefficient (Wildman–Crippen LogP) is 4.28. The summed E-state index contributed by atoms with van der Waals surface area (Å²) in [6, 6.07) is 9.81. The molecule has 0 spiro atoms. The van der Waals surface area contributed by atoms with E-state index in [-0.39, 0.29) is 0 Å². The van der Waals surface area contributed by atoms with Crippen LogP contribution in [0.5, 0.6) is 5.75 Å². The summed E-state index contributed by atoms with van der Waals surface area (Å²) in [4.78, 5) is 8.85. The number of benzene rings is 1. The number of hydrogen-bond acceptors (Lipinski definition) is 7. The lowest BCUT2D eigenvalue weighted by Crippen LogP contribution is -1.96. The van der Waals surface area contributed by atoms with Gasteiger partial charge in [0.25, 0.3) is 5.89 Å². The van der Waals surface area contributed by atoms with Crippen LogP contribution in [0.2, 0.25) is 0 Å². The van der Waals surface area contributed by atoms with E-state index in [1.165, 1.54) is 0 Å². The largest absolute Gasteiger partial charge is 0.497 e. The molecule has 25 heavy (non-hydrogen) atoms. The van der Waals surface area contributed by atoms with E-state index in [1.54, 1.807) is 36.4 Å². The second-order valence-electron chi connectivity index (χ2n) is 5.10. The number of rotatable bonds is 6. The first-order chi connectivity index (χ1) is 12.3. The standard InChI is InChI=1S/C17H14N4O2S2/c1-22-14-4-2-3-13(9-14)21-7-6-18-17(21)25-11-15-19-16(23-20-15)12-5-8-24-10-12/h2-10H,11H2,1H3. The molecule has 6 nitrogen and oxygen atoms in total. The van der Waals surface area contributed by atoms with Crippen molar-refractivity contribution in [3.05, 3.63) is 59.3 Å². The maximum atomic E-state index is 5.31. The van der Waals surface area contributed by atoms with Gasteiger partial charge in [-0.1, -0.05) is 23.0 Å². The highest BCUT2D eigenvalue weighted by Gasteiger charge is 2.12. The lowest BCUT2D eigenvalue weighted by molar-refractivity contribution is 0.414. The Balaban J connectivity index is 1.50. The third kappa shape index (κ3) is 3.45. The Bertz CT molecular complexity index is 963. The number of ether oxygens (including phenoxy) is 1. The molecule has 0 unspecified atom stereocenters. The zero-order valence-corrected chi connectivity index (χ0v) is 15.0. The highest BCUT2D eigenvalue weighted by Crippen LogP contribution is 2.26. The van der Waals surface area contributed by atoms with Crippen LogP contribution >= 0.6 is 23.1 Å². The van der Waals surface area contributed by atoms with Gasteiger partial charge in [0, 0.05) is 23.8 Å². The van der Waals surface area contributed by atoms with Crippen LogP contribution in [0, 0.1) is 0 Å². The molecule has 126 valence electrons. The van der Waals surface area contributed by atoms with Crippen LogP contribution in [0.3, 0.4) is 0 Å². The minimum Gasteiger partial charge on any atom is -0.497 e. The number of aromatic nitrogens is 4. The Labute approximate surface area is 152 Å². The molecule has 0 saturated heterocycles. The van der Waals surface area contributed by atoms with Crippen molar-refractivity contribution in [3.8, 4) is 22.9 Å². The summed E-state index contributed by atoms with van der Waals surface area (Å²) in [5, 5.41) is 8.87. The third-order valence-electron chi connectivity index (χ3n) is 3.50. The smallest absolute Gasteiger partial charge is 0.258 e. The molecule has 1 aromatic carbocycles. The summed E-state index contributed by atoms with van der Waals surface area (Å²) in [6.07, 6.45) is 3.69. The van der Waals surface area contributed by atoms with Crippen LogP contribution < -0.4 is 4.74 Å². The van der Waals surface area contributed by atoms with Crippen LogP contribution in [-0.2, 0) is 5.75 Å². The molecule has 4 aromatic rings. The van der Waals surface area contributed by atoms with Gasteiger partial charge in [0.1, 0.15) is 5.75 Å². The number of nitrogens with zero attached hydrogens (tertiary/aromatic N) is 4. The molecule has 0 N–H and O–H groups in total. The van der Waals surface area contributed by atoms with Crippen molar-refractivity contribution < 1.29 is 9.26 Å². The molecule has 4 rings (SSSR count). The zero-order valence-electron chi connectivity index (χ0n) is 13.3. The highest BCUT2D eigenvalue weighted by molar-refractivity contribution is 7.98. The molecule has 0 aliphatic carbocycles. The molecule has 0 atom stereocenters. The average Bonchev–Trinajstić information content (AvgIpc) is 3.40. The molecule has 0 amide bonds. The van der Waals surface area contributed by atoms with Gasteiger partial charge in [-0.2, -0.15) is 16.3 Å². The SMILES string of the molecule is COc1cccc(-n2ccnc2SCc2noc(-c3ccsc3)n2)c1. The molecule has 3 heterocycles. The number of thiophene rings is 1. The normalized spacial score (nSPS) is 10.9. The maximum Gasteiger partial charge on any atom is 0.258 e. The van der Waals surface area contributed by atoms with Crippen molar-refractivity contribution in [1.29, 1.82) is 0 Å². The maximum absolute atomic E-state index is 5.31. The van der Waals surface area contributed by atoms with E-state index in [1.807, 2.05) is 51.9 Å². The first kappa shape index (κ1) is 15.9. The number of thioether (sulfide) groups is 1.